The van der Waals surface area contributed by atoms with Gasteiger partial charge in [-0.25, -0.2) is 14.6 Å². The van der Waals surface area contributed by atoms with Crippen LogP contribution in [0.2, 0.25) is 0 Å². The number of benzene rings is 1. The van der Waals surface area contributed by atoms with Crippen molar-refractivity contribution in [3.8, 4) is 11.3 Å². The van der Waals surface area contributed by atoms with E-state index in [1.165, 1.54) is 5.56 Å². The molecule has 1 aromatic carbocycles. The second-order valence-electron chi connectivity index (χ2n) is 5.72. The zero-order valence-electron chi connectivity index (χ0n) is 16.2. The molecule has 0 fully saturated rings. The highest BCUT2D eigenvalue weighted by Crippen LogP contribution is 2.24. The summed E-state index contributed by atoms with van der Waals surface area (Å²) in [4.78, 5) is 26.2. The lowest BCUT2D eigenvalue weighted by molar-refractivity contribution is -0.134. The van der Waals surface area contributed by atoms with E-state index in [-0.39, 0.29) is 0 Å². The molecule has 0 spiro atoms. The number of hydrogen-bond donors (Lipinski definition) is 3. The lowest BCUT2D eigenvalue weighted by Crippen LogP contribution is -2.25. The lowest BCUT2D eigenvalue weighted by atomic mass is 10.2. The Kier molecular flexibility index (Phi) is 11.2. The largest absolute Gasteiger partial charge is 0.478 e. The summed E-state index contributed by atoms with van der Waals surface area (Å²) in [6.07, 6.45) is 2.27. The van der Waals surface area contributed by atoms with Crippen molar-refractivity contribution in [2.24, 2.45) is 0 Å². The Labute approximate surface area is 169 Å². The number of carbonyl (C=O) groups is 2. The van der Waals surface area contributed by atoms with Crippen molar-refractivity contribution in [2.75, 3.05) is 31.5 Å². The smallest absolute Gasteiger partial charge is 0.328 e. The van der Waals surface area contributed by atoms with Crippen molar-refractivity contribution in [3.63, 3.8) is 0 Å². The first-order chi connectivity index (χ1) is 13.5. The third kappa shape index (κ3) is 9.84. The van der Waals surface area contributed by atoms with Gasteiger partial charge in [-0.1, -0.05) is 44.2 Å². The van der Waals surface area contributed by atoms with E-state index in [2.05, 4.69) is 46.6 Å². The van der Waals surface area contributed by atoms with Gasteiger partial charge in [0, 0.05) is 29.6 Å². The minimum Gasteiger partial charge on any atom is -0.478 e. The van der Waals surface area contributed by atoms with Gasteiger partial charge in [0.15, 0.2) is 5.13 Å². The van der Waals surface area contributed by atoms with Gasteiger partial charge in [0.1, 0.15) is 0 Å². The Hall–Kier alpha value is -2.71. The van der Waals surface area contributed by atoms with Crippen LogP contribution in [0.3, 0.4) is 0 Å². The van der Waals surface area contributed by atoms with E-state index < -0.39 is 11.9 Å². The second-order valence-corrected chi connectivity index (χ2v) is 6.58. The summed E-state index contributed by atoms with van der Waals surface area (Å²) < 4.78 is 0. The number of rotatable bonds is 10. The molecule has 0 radical (unpaired) electrons. The average molecular weight is 406 g/mol. The first-order valence-corrected chi connectivity index (χ1v) is 9.95. The van der Waals surface area contributed by atoms with Crippen molar-refractivity contribution < 1.29 is 19.8 Å². The number of carboxylic acids is 2. The molecule has 0 aliphatic rings. The molecule has 0 saturated heterocycles. The molecule has 28 heavy (non-hydrogen) atoms. The minimum atomic E-state index is -1.26. The third-order valence-corrected chi connectivity index (χ3v) is 4.56. The maximum Gasteiger partial charge on any atom is 0.328 e. The summed E-state index contributed by atoms with van der Waals surface area (Å²) >= 11 is 1.68. The van der Waals surface area contributed by atoms with Crippen molar-refractivity contribution in [1.29, 1.82) is 0 Å². The minimum absolute atomic E-state index is 0.558. The first kappa shape index (κ1) is 23.3. The van der Waals surface area contributed by atoms with E-state index in [4.69, 9.17) is 10.2 Å². The van der Waals surface area contributed by atoms with Crippen molar-refractivity contribution in [1.82, 2.24) is 9.88 Å². The van der Waals surface area contributed by atoms with Crippen LogP contribution in [0.25, 0.3) is 11.3 Å². The number of hydrogen-bond acceptors (Lipinski definition) is 6. The molecule has 152 valence electrons. The SMILES string of the molecule is CCN(CC)CCCNc1nc(-c2ccccc2)cs1.O=C(O)/C=C\C(=O)O. The quantitative estimate of drug-likeness (QED) is 0.409. The second kappa shape index (κ2) is 13.5. The molecule has 0 unspecified atom stereocenters. The number of thiazole rings is 1. The van der Waals surface area contributed by atoms with Crippen LogP contribution in [0.1, 0.15) is 20.3 Å². The average Bonchev–Trinajstić information content (AvgIpc) is 3.17. The third-order valence-electron chi connectivity index (χ3n) is 3.76. The van der Waals surface area contributed by atoms with Gasteiger partial charge in [-0.15, -0.1) is 11.3 Å². The lowest BCUT2D eigenvalue weighted by Gasteiger charge is -2.17. The van der Waals surface area contributed by atoms with E-state index in [1.807, 2.05) is 18.2 Å². The van der Waals surface area contributed by atoms with Gasteiger partial charge in [-0.3, -0.25) is 0 Å². The van der Waals surface area contributed by atoms with Gasteiger partial charge in [-0.05, 0) is 26.1 Å². The first-order valence-electron chi connectivity index (χ1n) is 9.07. The summed E-state index contributed by atoms with van der Waals surface area (Å²) in [6.45, 7) is 8.82. The predicted molar refractivity (Wildman–Crippen MR) is 113 cm³/mol. The molecule has 1 heterocycles. The highest BCUT2D eigenvalue weighted by atomic mass is 32.1. The monoisotopic (exact) mass is 405 g/mol. The van der Waals surface area contributed by atoms with Gasteiger partial charge in [0.25, 0.3) is 0 Å². The molecule has 7 nitrogen and oxygen atoms in total. The normalized spacial score (nSPS) is 10.5. The van der Waals surface area contributed by atoms with Crippen LogP contribution < -0.4 is 5.32 Å². The molecule has 0 saturated carbocycles. The summed E-state index contributed by atoms with van der Waals surface area (Å²) in [5.74, 6) is -2.51. The maximum atomic E-state index is 9.55. The van der Waals surface area contributed by atoms with Crippen LogP contribution in [0, 0.1) is 0 Å². The summed E-state index contributed by atoms with van der Waals surface area (Å²) in [6, 6.07) is 10.3. The summed E-state index contributed by atoms with van der Waals surface area (Å²) in [7, 11) is 0. The van der Waals surface area contributed by atoms with Crippen LogP contribution in [0.15, 0.2) is 47.9 Å². The molecule has 1 aromatic heterocycles. The fraction of sp³-hybridized carbons (Fsp3) is 0.350. The molecule has 2 rings (SSSR count). The molecule has 3 N–H and O–H groups in total. The number of anilines is 1. The van der Waals surface area contributed by atoms with Crippen molar-refractivity contribution in [2.45, 2.75) is 20.3 Å². The van der Waals surface area contributed by atoms with Gasteiger partial charge in [0.2, 0.25) is 0 Å². The number of nitrogens with one attached hydrogen (secondary N) is 1. The Morgan fingerprint density at radius 1 is 1.11 bits per heavy atom. The van der Waals surface area contributed by atoms with E-state index in [9.17, 15) is 9.59 Å². The molecule has 0 aliphatic carbocycles. The number of aromatic nitrogens is 1. The zero-order valence-corrected chi connectivity index (χ0v) is 17.0. The van der Waals surface area contributed by atoms with Crippen LogP contribution in [-0.4, -0.2) is 58.2 Å². The number of aliphatic carboxylic acids is 2. The topological polar surface area (TPSA) is 103 Å². The zero-order chi connectivity index (χ0) is 20.8. The molecular weight excluding hydrogens is 378 g/mol. The molecular formula is C20H27N3O4S. The van der Waals surface area contributed by atoms with E-state index in [1.54, 1.807) is 11.3 Å². The fourth-order valence-corrected chi connectivity index (χ4v) is 3.03. The van der Waals surface area contributed by atoms with Crippen LogP contribution in [-0.2, 0) is 9.59 Å². The highest BCUT2D eigenvalue weighted by molar-refractivity contribution is 7.14. The van der Waals surface area contributed by atoms with Crippen LogP contribution in [0.5, 0.6) is 0 Å². The highest BCUT2D eigenvalue weighted by Gasteiger charge is 2.04. The predicted octanol–water partition coefficient (Wildman–Crippen LogP) is 3.67. The Morgan fingerprint density at radius 2 is 1.71 bits per heavy atom. The van der Waals surface area contributed by atoms with E-state index >= 15 is 0 Å². The van der Waals surface area contributed by atoms with Crippen LogP contribution >= 0.6 is 11.3 Å². The van der Waals surface area contributed by atoms with Crippen LogP contribution in [0.4, 0.5) is 5.13 Å². The molecule has 0 amide bonds. The Bertz CT molecular complexity index is 727. The summed E-state index contributed by atoms with van der Waals surface area (Å²) in [5, 5.41) is 22.2. The standard InChI is InChI=1S/C16H23N3S.C4H4O4/c1-3-19(4-2)12-8-11-17-16-18-15(13-20-16)14-9-6-5-7-10-14;5-3(6)1-2-4(7)8/h5-7,9-10,13H,3-4,8,11-12H2,1-2H3,(H,17,18);1-2H,(H,5,6)(H,7,8)/b;2-1-. The van der Waals surface area contributed by atoms with Crippen molar-refractivity contribution in [3.05, 3.63) is 47.9 Å². The molecule has 2 aromatic rings. The van der Waals surface area contributed by atoms with Crippen molar-refractivity contribution >= 4 is 28.4 Å². The van der Waals surface area contributed by atoms with Gasteiger partial charge in [0.05, 0.1) is 5.69 Å². The molecule has 0 bridgehead atoms. The van der Waals surface area contributed by atoms with E-state index in [0.29, 0.717) is 12.2 Å². The number of carboxylic acid groups (broad SMARTS) is 2. The molecule has 8 heteroatoms. The fourth-order valence-electron chi connectivity index (χ4n) is 2.28. The molecule has 0 aliphatic heterocycles. The Balaban J connectivity index is 0.000000416. The van der Waals surface area contributed by atoms with E-state index in [0.717, 1.165) is 43.4 Å². The van der Waals surface area contributed by atoms with Gasteiger partial charge < -0.3 is 20.4 Å². The molecule has 0 atom stereocenters. The number of nitrogens with zero attached hydrogens (tertiary/aromatic N) is 2. The van der Waals surface area contributed by atoms with Gasteiger partial charge in [-0.2, -0.15) is 0 Å². The summed E-state index contributed by atoms with van der Waals surface area (Å²) in [5.41, 5.74) is 2.24. The maximum absolute atomic E-state index is 9.55. The van der Waals surface area contributed by atoms with Gasteiger partial charge >= 0.3 is 11.9 Å². The Morgan fingerprint density at radius 3 is 2.25 bits per heavy atom.